The van der Waals surface area contributed by atoms with Crippen LogP contribution in [-0.4, -0.2) is 57.0 Å². The predicted molar refractivity (Wildman–Crippen MR) is 76.0 cm³/mol. The van der Waals surface area contributed by atoms with Crippen LogP contribution in [0, 0.1) is 5.92 Å². The Balaban J connectivity index is 1.44. The summed E-state index contributed by atoms with van der Waals surface area (Å²) in [7, 11) is -3.04. The van der Waals surface area contributed by atoms with E-state index in [0.29, 0.717) is 31.4 Å². The lowest BCUT2D eigenvalue weighted by molar-refractivity contribution is -0.0359. The summed E-state index contributed by atoms with van der Waals surface area (Å²) >= 11 is 0. The van der Waals surface area contributed by atoms with Crippen molar-refractivity contribution >= 4 is 10.0 Å². The van der Waals surface area contributed by atoms with Gasteiger partial charge in [0.2, 0.25) is 10.0 Å². The van der Waals surface area contributed by atoms with Crippen LogP contribution in [0.25, 0.3) is 0 Å². The second-order valence-electron chi connectivity index (χ2n) is 6.30. The first-order valence-electron chi connectivity index (χ1n) is 7.84. The van der Waals surface area contributed by atoms with E-state index in [2.05, 4.69) is 0 Å². The minimum absolute atomic E-state index is 0.205. The molecule has 3 aliphatic rings. The maximum atomic E-state index is 12.3. The van der Waals surface area contributed by atoms with Gasteiger partial charge in [-0.05, 0) is 38.0 Å². The van der Waals surface area contributed by atoms with Crippen LogP contribution in [0.4, 0.5) is 0 Å². The van der Waals surface area contributed by atoms with Crippen molar-refractivity contribution in [3.63, 3.8) is 0 Å². The molecule has 0 amide bonds. The number of sulfonamides is 1. The van der Waals surface area contributed by atoms with Crippen molar-refractivity contribution in [1.29, 1.82) is 0 Å². The summed E-state index contributed by atoms with van der Waals surface area (Å²) in [6, 6.07) is 0. The lowest BCUT2D eigenvalue weighted by Crippen LogP contribution is -2.44. The standard InChI is InChI=1S/C14H25NO4S/c16-20(17,11-12-2-1-3-12)15-7-4-13(5-8-15)19-14-6-9-18-10-14/h12-14H,1-11H2. The molecule has 6 heteroatoms. The Bertz CT molecular complexity index is 407. The van der Waals surface area contributed by atoms with E-state index < -0.39 is 10.0 Å². The molecule has 3 fully saturated rings. The first-order chi connectivity index (χ1) is 9.63. The molecule has 0 N–H and O–H groups in total. The largest absolute Gasteiger partial charge is 0.379 e. The third-order valence-electron chi connectivity index (χ3n) is 4.74. The highest BCUT2D eigenvalue weighted by Crippen LogP contribution is 2.29. The zero-order valence-electron chi connectivity index (χ0n) is 12.0. The van der Waals surface area contributed by atoms with Crippen LogP contribution in [0.1, 0.15) is 38.5 Å². The SMILES string of the molecule is O=S(=O)(CC1CCC1)N1CCC(OC2CCOC2)CC1. The van der Waals surface area contributed by atoms with Crippen molar-refractivity contribution in [3.05, 3.63) is 0 Å². The Morgan fingerprint density at radius 3 is 2.35 bits per heavy atom. The van der Waals surface area contributed by atoms with Crippen LogP contribution >= 0.6 is 0 Å². The van der Waals surface area contributed by atoms with E-state index in [1.807, 2.05) is 0 Å². The quantitative estimate of drug-likeness (QED) is 0.770. The molecule has 0 radical (unpaired) electrons. The third kappa shape index (κ3) is 3.53. The van der Waals surface area contributed by atoms with Crippen LogP contribution in [0.3, 0.4) is 0 Å². The smallest absolute Gasteiger partial charge is 0.214 e. The molecule has 0 aromatic rings. The first kappa shape index (κ1) is 14.8. The number of nitrogens with zero attached hydrogens (tertiary/aromatic N) is 1. The molecule has 1 aliphatic carbocycles. The molecule has 116 valence electrons. The molecule has 2 heterocycles. The van der Waals surface area contributed by atoms with Crippen LogP contribution in [0.5, 0.6) is 0 Å². The summed E-state index contributed by atoms with van der Waals surface area (Å²) in [4.78, 5) is 0. The molecular weight excluding hydrogens is 278 g/mol. The molecule has 2 saturated heterocycles. The van der Waals surface area contributed by atoms with E-state index >= 15 is 0 Å². The average Bonchev–Trinajstić information content (AvgIpc) is 2.88. The Hall–Kier alpha value is -0.170. The van der Waals surface area contributed by atoms with Gasteiger partial charge in [0.1, 0.15) is 0 Å². The van der Waals surface area contributed by atoms with Gasteiger partial charge in [-0.3, -0.25) is 0 Å². The summed E-state index contributed by atoms with van der Waals surface area (Å²) in [6.07, 6.45) is 6.40. The molecule has 1 unspecified atom stereocenters. The van der Waals surface area contributed by atoms with Crippen molar-refractivity contribution in [2.45, 2.75) is 50.7 Å². The van der Waals surface area contributed by atoms with E-state index in [0.717, 1.165) is 38.7 Å². The predicted octanol–water partition coefficient (Wildman–Crippen LogP) is 1.39. The minimum atomic E-state index is -3.04. The van der Waals surface area contributed by atoms with E-state index in [1.165, 1.54) is 6.42 Å². The van der Waals surface area contributed by atoms with Crippen molar-refractivity contribution in [2.24, 2.45) is 5.92 Å². The van der Waals surface area contributed by atoms with Crippen molar-refractivity contribution in [2.75, 3.05) is 32.1 Å². The fourth-order valence-electron chi connectivity index (χ4n) is 3.20. The second kappa shape index (κ2) is 6.30. The average molecular weight is 303 g/mol. The number of rotatable bonds is 5. The molecule has 0 aromatic heterocycles. The molecule has 20 heavy (non-hydrogen) atoms. The lowest BCUT2D eigenvalue weighted by atomic mass is 9.87. The molecular formula is C14H25NO4S. The Kier molecular flexibility index (Phi) is 4.65. The Morgan fingerprint density at radius 2 is 1.80 bits per heavy atom. The monoisotopic (exact) mass is 303 g/mol. The summed E-state index contributed by atoms with van der Waals surface area (Å²) in [5, 5.41) is 0. The number of hydrogen-bond donors (Lipinski definition) is 0. The van der Waals surface area contributed by atoms with Crippen molar-refractivity contribution in [1.82, 2.24) is 4.31 Å². The molecule has 5 nitrogen and oxygen atoms in total. The van der Waals surface area contributed by atoms with Gasteiger partial charge >= 0.3 is 0 Å². The fourth-order valence-corrected chi connectivity index (χ4v) is 5.11. The molecule has 2 aliphatic heterocycles. The number of ether oxygens (including phenoxy) is 2. The van der Waals surface area contributed by atoms with Gasteiger partial charge in [-0.1, -0.05) is 6.42 Å². The van der Waals surface area contributed by atoms with E-state index in [-0.39, 0.29) is 12.2 Å². The summed E-state index contributed by atoms with van der Waals surface area (Å²) in [5.41, 5.74) is 0. The highest BCUT2D eigenvalue weighted by atomic mass is 32.2. The maximum absolute atomic E-state index is 12.3. The van der Waals surface area contributed by atoms with E-state index in [9.17, 15) is 8.42 Å². The highest BCUT2D eigenvalue weighted by Gasteiger charge is 2.33. The minimum Gasteiger partial charge on any atom is -0.379 e. The van der Waals surface area contributed by atoms with Gasteiger partial charge in [-0.25, -0.2) is 12.7 Å². The normalized spacial score (nSPS) is 30.5. The number of piperidine rings is 1. The third-order valence-corrected chi connectivity index (χ3v) is 6.78. The van der Waals surface area contributed by atoms with Crippen LogP contribution in [-0.2, 0) is 19.5 Å². The van der Waals surface area contributed by atoms with Crippen LogP contribution < -0.4 is 0 Å². The fraction of sp³-hybridized carbons (Fsp3) is 1.00. The first-order valence-corrected chi connectivity index (χ1v) is 9.45. The zero-order valence-corrected chi connectivity index (χ0v) is 12.8. The van der Waals surface area contributed by atoms with Crippen LogP contribution in [0.15, 0.2) is 0 Å². The van der Waals surface area contributed by atoms with Gasteiger partial charge in [-0.2, -0.15) is 0 Å². The van der Waals surface area contributed by atoms with Gasteiger partial charge in [0.15, 0.2) is 0 Å². The topological polar surface area (TPSA) is 55.8 Å². The van der Waals surface area contributed by atoms with Gasteiger partial charge in [0.25, 0.3) is 0 Å². The molecule has 1 atom stereocenters. The second-order valence-corrected chi connectivity index (χ2v) is 8.31. The van der Waals surface area contributed by atoms with E-state index in [4.69, 9.17) is 9.47 Å². The zero-order chi connectivity index (χ0) is 14.0. The number of hydrogen-bond acceptors (Lipinski definition) is 4. The highest BCUT2D eigenvalue weighted by molar-refractivity contribution is 7.89. The Morgan fingerprint density at radius 1 is 1.05 bits per heavy atom. The van der Waals surface area contributed by atoms with Gasteiger partial charge < -0.3 is 9.47 Å². The maximum Gasteiger partial charge on any atom is 0.214 e. The molecule has 0 aromatic carbocycles. The lowest BCUT2D eigenvalue weighted by Gasteiger charge is -2.34. The van der Waals surface area contributed by atoms with Gasteiger partial charge in [0, 0.05) is 19.7 Å². The summed E-state index contributed by atoms with van der Waals surface area (Å²) in [6.45, 7) is 2.72. The molecule has 1 saturated carbocycles. The van der Waals surface area contributed by atoms with E-state index in [1.54, 1.807) is 4.31 Å². The summed E-state index contributed by atoms with van der Waals surface area (Å²) < 4.78 is 37.6. The van der Waals surface area contributed by atoms with Gasteiger partial charge in [-0.15, -0.1) is 0 Å². The molecule has 0 bridgehead atoms. The Labute approximate surface area is 121 Å². The van der Waals surface area contributed by atoms with Crippen LogP contribution in [0.2, 0.25) is 0 Å². The molecule has 3 rings (SSSR count). The molecule has 0 spiro atoms. The van der Waals surface area contributed by atoms with Crippen molar-refractivity contribution < 1.29 is 17.9 Å². The van der Waals surface area contributed by atoms with Crippen molar-refractivity contribution in [3.8, 4) is 0 Å². The van der Waals surface area contributed by atoms with Gasteiger partial charge in [0.05, 0.1) is 24.6 Å². The summed E-state index contributed by atoms with van der Waals surface area (Å²) in [5.74, 6) is 0.763.